The second-order valence-electron chi connectivity index (χ2n) is 4.01. The van der Waals surface area contributed by atoms with Gasteiger partial charge in [0.25, 0.3) is 0 Å². The number of aromatic nitrogens is 1. The monoisotopic (exact) mass is 292 g/mol. The minimum absolute atomic E-state index is 0.0254. The van der Waals surface area contributed by atoms with Gasteiger partial charge in [-0.2, -0.15) is 0 Å². The number of carbonyl (C=O) groups excluding carboxylic acids is 1. The van der Waals surface area contributed by atoms with E-state index in [9.17, 15) is 4.79 Å². The Labute approximate surface area is 121 Å². The number of thiazole rings is 1. The summed E-state index contributed by atoms with van der Waals surface area (Å²) in [5.74, 6) is -0.178. The van der Waals surface area contributed by atoms with E-state index in [1.807, 2.05) is 29.6 Å². The van der Waals surface area contributed by atoms with Crippen molar-refractivity contribution in [3.63, 3.8) is 0 Å². The fourth-order valence-corrected chi connectivity index (χ4v) is 2.21. The Bertz CT molecular complexity index is 526. The summed E-state index contributed by atoms with van der Waals surface area (Å²) >= 11 is 1.58. The molecule has 6 heteroatoms. The van der Waals surface area contributed by atoms with Crippen molar-refractivity contribution in [3.8, 4) is 10.6 Å². The Morgan fingerprint density at radius 3 is 2.75 bits per heavy atom. The Balaban J connectivity index is 1.83. The maximum atomic E-state index is 11.6. The van der Waals surface area contributed by atoms with Crippen LogP contribution < -0.4 is 5.32 Å². The molecule has 1 aromatic heterocycles. The Morgan fingerprint density at radius 1 is 1.30 bits per heavy atom. The molecule has 0 radical (unpaired) electrons. The summed E-state index contributed by atoms with van der Waals surface area (Å²) in [6.07, 6.45) is 1.77. The molecule has 0 fully saturated rings. The van der Waals surface area contributed by atoms with Crippen molar-refractivity contribution in [2.45, 2.75) is 0 Å². The van der Waals surface area contributed by atoms with E-state index in [4.69, 9.17) is 9.47 Å². The number of benzene rings is 1. The molecular formula is C14H16N2O3S. The molecule has 5 nitrogen and oxygen atoms in total. The number of nitrogens with zero attached hydrogens (tertiary/aromatic N) is 1. The first-order valence-corrected chi connectivity index (χ1v) is 7.04. The summed E-state index contributed by atoms with van der Waals surface area (Å²) in [6.45, 7) is 0.917. The van der Waals surface area contributed by atoms with Crippen molar-refractivity contribution in [3.05, 3.63) is 35.8 Å². The minimum Gasteiger partial charge on any atom is -0.382 e. The number of rotatable bonds is 7. The third-order valence-corrected chi connectivity index (χ3v) is 3.34. The maximum absolute atomic E-state index is 11.6. The lowest BCUT2D eigenvalue weighted by Crippen LogP contribution is -2.19. The zero-order chi connectivity index (χ0) is 14.2. The Kier molecular flexibility index (Phi) is 5.67. The van der Waals surface area contributed by atoms with Crippen LogP contribution in [0, 0.1) is 0 Å². The highest BCUT2D eigenvalue weighted by Crippen LogP contribution is 2.23. The van der Waals surface area contributed by atoms with Gasteiger partial charge in [-0.25, -0.2) is 4.98 Å². The summed E-state index contributed by atoms with van der Waals surface area (Å²) < 4.78 is 9.97. The molecule has 0 aliphatic rings. The molecule has 0 bridgehead atoms. The van der Waals surface area contributed by atoms with Gasteiger partial charge in [-0.3, -0.25) is 4.79 Å². The van der Waals surface area contributed by atoms with E-state index >= 15 is 0 Å². The average molecular weight is 292 g/mol. The zero-order valence-corrected chi connectivity index (χ0v) is 12.0. The number of amides is 1. The van der Waals surface area contributed by atoms with Crippen molar-refractivity contribution in [2.75, 3.05) is 32.2 Å². The van der Waals surface area contributed by atoms with Crippen LogP contribution in [0.5, 0.6) is 0 Å². The predicted octanol–water partition coefficient (Wildman–Crippen LogP) is 2.41. The largest absolute Gasteiger partial charge is 0.382 e. The first-order chi connectivity index (χ1) is 9.79. The third kappa shape index (κ3) is 4.41. The molecule has 106 valence electrons. The van der Waals surface area contributed by atoms with Gasteiger partial charge in [0.15, 0.2) is 0 Å². The van der Waals surface area contributed by atoms with E-state index in [2.05, 4.69) is 10.3 Å². The highest BCUT2D eigenvalue weighted by molar-refractivity contribution is 7.13. The van der Waals surface area contributed by atoms with Crippen LogP contribution in [-0.4, -0.2) is 37.8 Å². The molecule has 1 amide bonds. The summed E-state index contributed by atoms with van der Waals surface area (Å²) in [4.78, 5) is 15.8. The number of ether oxygens (including phenoxy) is 2. The molecule has 1 heterocycles. The molecule has 0 spiro atoms. The number of carbonyl (C=O) groups is 1. The Morgan fingerprint density at radius 2 is 2.10 bits per heavy atom. The molecule has 0 unspecified atom stereocenters. The lowest BCUT2D eigenvalue weighted by atomic mass is 10.2. The van der Waals surface area contributed by atoms with Crippen molar-refractivity contribution in [1.29, 1.82) is 0 Å². The highest BCUT2D eigenvalue weighted by atomic mass is 32.1. The molecule has 0 aliphatic carbocycles. The molecule has 0 saturated heterocycles. The highest BCUT2D eigenvalue weighted by Gasteiger charge is 2.04. The summed E-state index contributed by atoms with van der Waals surface area (Å²) in [6, 6.07) is 7.56. The predicted molar refractivity (Wildman–Crippen MR) is 78.9 cm³/mol. The van der Waals surface area contributed by atoms with Crippen molar-refractivity contribution in [1.82, 2.24) is 4.98 Å². The normalized spacial score (nSPS) is 10.4. The molecule has 0 saturated carbocycles. The number of anilines is 1. The van der Waals surface area contributed by atoms with E-state index in [1.165, 1.54) is 0 Å². The molecule has 2 rings (SSSR count). The van der Waals surface area contributed by atoms with Gasteiger partial charge < -0.3 is 14.8 Å². The van der Waals surface area contributed by atoms with Crippen molar-refractivity contribution < 1.29 is 14.3 Å². The smallest absolute Gasteiger partial charge is 0.250 e. The Hall–Kier alpha value is -1.76. The van der Waals surface area contributed by atoms with Gasteiger partial charge in [-0.05, 0) is 24.3 Å². The number of hydrogen-bond acceptors (Lipinski definition) is 5. The SMILES string of the molecule is COCCOCC(=O)Nc1ccc(-c2nccs2)cc1. The van der Waals surface area contributed by atoms with Crippen LogP contribution in [0.3, 0.4) is 0 Å². The first kappa shape index (κ1) is 14.6. The summed E-state index contributed by atoms with van der Waals surface area (Å²) in [5.41, 5.74) is 1.78. The molecule has 0 aliphatic heterocycles. The van der Waals surface area contributed by atoms with Crippen LogP contribution >= 0.6 is 11.3 Å². The topological polar surface area (TPSA) is 60.5 Å². The van der Waals surface area contributed by atoms with Crippen molar-refractivity contribution in [2.24, 2.45) is 0 Å². The van der Waals surface area contributed by atoms with Gasteiger partial charge in [0.1, 0.15) is 11.6 Å². The van der Waals surface area contributed by atoms with E-state index < -0.39 is 0 Å². The van der Waals surface area contributed by atoms with Crippen LogP contribution in [0.25, 0.3) is 10.6 Å². The van der Waals surface area contributed by atoms with Gasteiger partial charge in [0.05, 0.1) is 13.2 Å². The quantitative estimate of drug-likeness (QED) is 0.796. The maximum Gasteiger partial charge on any atom is 0.250 e. The molecule has 1 aromatic carbocycles. The van der Waals surface area contributed by atoms with Gasteiger partial charge in [-0.1, -0.05) is 0 Å². The van der Waals surface area contributed by atoms with Crippen LogP contribution in [0.2, 0.25) is 0 Å². The van der Waals surface area contributed by atoms with E-state index in [-0.39, 0.29) is 12.5 Å². The van der Waals surface area contributed by atoms with E-state index in [0.29, 0.717) is 13.2 Å². The lowest BCUT2D eigenvalue weighted by Gasteiger charge is -2.06. The average Bonchev–Trinajstić information content (AvgIpc) is 2.99. The van der Waals surface area contributed by atoms with Gasteiger partial charge in [-0.15, -0.1) is 11.3 Å². The van der Waals surface area contributed by atoms with Crippen LogP contribution in [-0.2, 0) is 14.3 Å². The van der Waals surface area contributed by atoms with Crippen LogP contribution in [0.4, 0.5) is 5.69 Å². The third-order valence-electron chi connectivity index (χ3n) is 2.51. The number of hydrogen-bond donors (Lipinski definition) is 1. The van der Waals surface area contributed by atoms with Crippen molar-refractivity contribution >= 4 is 22.9 Å². The summed E-state index contributed by atoms with van der Waals surface area (Å²) in [7, 11) is 1.59. The number of methoxy groups -OCH3 is 1. The second kappa shape index (κ2) is 7.74. The fourth-order valence-electron chi connectivity index (χ4n) is 1.57. The standard InChI is InChI=1S/C14H16N2O3S/c1-18-7-8-19-10-13(17)16-12-4-2-11(3-5-12)14-15-6-9-20-14/h2-6,9H,7-8,10H2,1H3,(H,16,17). The molecule has 2 aromatic rings. The summed E-state index contributed by atoms with van der Waals surface area (Å²) in [5, 5.41) is 5.67. The fraction of sp³-hybridized carbons (Fsp3) is 0.286. The second-order valence-corrected chi connectivity index (χ2v) is 4.90. The number of nitrogens with one attached hydrogen (secondary N) is 1. The molecule has 0 atom stereocenters. The van der Waals surface area contributed by atoms with Crippen LogP contribution in [0.1, 0.15) is 0 Å². The lowest BCUT2D eigenvalue weighted by molar-refractivity contribution is -0.121. The van der Waals surface area contributed by atoms with Gasteiger partial charge in [0, 0.05) is 29.9 Å². The van der Waals surface area contributed by atoms with E-state index in [0.717, 1.165) is 16.3 Å². The van der Waals surface area contributed by atoms with E-state index in [1.54, 1.807) is 24.6 Å². The minimum atomic E-state index is -0.178. The molecule has 1 N–H and O–H groups in total. The van der Waals surface area contributed by atoms with Gasteiger partial charge >= 0.3 is 0 Å². The van der Waals surface area contributed by atoms with Gasteiger partial charge in [0.2, 0.25) is 5.91 Å². The zero-order valence-electron chi connectivity index (χ0n) is 11.2. The first-order valence-electron chi connectivity index (χ1n) is 6.16. The molecular weight excluding hydrogens is 276 g/mol. The molecule has 20 heavy (non-hydrogen) atoms. The van der Waals surface area contributed by atoms with Crippen LogP contribution in [0.15, 0.2) is 35.8 Å².